The maximum atomic E-state index is 11.4. The molecule has 0 radical (unpaired) electrons. The predicted molar refractivity (Wildman–Crippen MR) is 71.7 cm³/mol. The highest BCUT2D eigenvalue weighted by Crippen LogP contribution is 2.27. The number of nitrogens with zero attached hydrogens (tertiary/aromatic N) is 1. The van der Waals surface area contributed by atoms with Crippen LogP contribution in [0.4, 0.5) is 0 Å². The number of ether oxygens (including phenoxy) is 1. The van der Waals surface area contributed by atoms with Crippen LogP contribution >= 0.6 is 15.9 Å². The van der Waals surface area contributed by atoms with Gasteiger partial charge in [-0.3, -0.25) is 4.79 Å². The van der Waals surface area contributed by atoms with Crippen LogP contribution < -0.4 is 16.0 Å². The van der Waals surface area contributed by atoms with Gasteiger partial charge in [-0.15, -0.1) is 0 Å². The summed E-state index contributed by atoms with van der Waals surface area (Å²) in [5.74, 6) is 0.868. The number of aryl methyl sites for hydroxylation is 1. The average Bonchev–Trinajstić information content (AvgIpc) is 2.37. The summed E-state index contributed by atoms with van der Waals surface area (Å²) in [5, 5.41) is 0. The van der Waals surface area contributed by atoms with Crippen LogP contribution in [0.15, 0.2) is 33.8 Å². The fourth-order valence-electron chi connectivity index (χ4n) is 1.42. The van der Waals surface area contributed by atoms with Crippen molar-refractivity contribution in [2.75, 3.05) is 0 Å². The predicted octanol–water partition coefficient (Wildman–Crippen LogP) is 2.09. The van der Waals surface area contributed by atoms with E-state index in [0.717, 1.165) is 11.1 Å². The second-order valence-corrected chi connectivity index (χ2v) is 4.55. The van der Waals surface area contributed by atoms with Gasteiger partial charge >= 0.3 is 0 Å². The fourth-order valence-corrected chi connectivity index (χ4v) is 1.72. The number of H-pyrrole nitrogens is 1. The van der Waals surface area contributed by atoms with E-state index >= 15 is 0 Å². The zero-order valence-electron chi connectivity index (χ0n) is 9.74. The molecule has 0 bridgehead atoms. The van der Waals surface area contributed by atoms with Gasteiger partial charge in [-0.1, -0.05) is 12.1 Å². The molecule has 2 aromatic rings. The summed E-state index contributed by atoms with van der Waals surface area (Å²) in [6, 6.07) is 5.69. The molecule has 5 nitrogen and oxygen atoms in total. The summed E-state index contributed by atoms with van der Waals surface area (Å²) in [6.07, 6.45) is 1.30. The average molecular weight is 310 g/mol. The highest BCUT2D eigenvalue weighted by molar-refractivity contribution is 9.10. The minimum Gasteiger partial charge on any atom is -0.437 e. The number of hydrogen-bond acceptors (Lipinski definition) is 4. The van der Waals surface area contributed by atoms with Gasteiger partial charge in [0.05, 0.1) is 6.33 Å². The second-order valence-electron chi connectivity index (χ2n) is 3.76. The lowest BCUT2D eigenvalue weighted by atomic mass is 10.1. The molecule has 1 aromatic carbocycles. The Balaban J connectivity index is 2.39. The van der Waals surface area contributed by atoms with Gasteiger partial charge in [-0.25, -0.2) is 4.98 Å². The molecule has 0 aliphatic rings. The lowest BCUT2D eigenvalue weighted by Crippen LogP contribution is -2.08. The number of aromatic amines is 1. The van der Waals surface area contributed by atoms with Crippen molar-refractivity contribution in [3.63, 3.8) is 0 Å². The number of aromatic nitrogens is 2. The number of nitrogens with one attached hydrogen (secondary N) is 1. The van der Waals surface area contributed by atoms with Crippen molar-refractivity contribution in [2.45, 2.75) is 13.5 Å². The van der Waals surface area contributed by atoms with Crippen LogP contribution in [-0.4, -0.2) is 9.97 Å². The lowest BCUT2D eigenvalue weighted by Gasteiger charge is -2.09. The summed E-state index contributed by atoms with van der Waals surface area (Å²) in [5.41, 5.74) is 7.20. The molecule has 0 saturated heterocycles. The van der Waals surface area contributed by atoms with Gasteiger partial charge in [0.1, 0.15) is 10.2 Å². The van der Waals surface area contributed by atoms with Crippen molar-refractivity contribution < 1.29 is 4.74 Å². The molecule has 0 fully saturated rings. The van der Waals surface area contributed by atoms with Crippen molar-refractivity contribution in [1.82, 2.24) is 9.97 Å². The van der Waals surface area contributed by atoms with E-state index in [9.17, 15) is 4.79 Å². The van der Waals surface area contributed by atoms with Crippen molar-refractivity contribution in [2.24, 2.45) is 5.73 Å². The number of halogens is 1. The zero-order valence-corrected chi connectivity index (χ0v) is 11.3. The van der Waals surface area contributed by atoms with Crippen LogP contribution in [0.2, 0.25) is 0 Å². The molecule has 1 heterocycles. The molecule has 0 aliphatic heterocycles. The normalized spacial score (nSPS) is 10.4. The number of nitrogens with two attached hydrogens (primary N) is 1. The minimum absolute atomic E-state index is 0.232. The first-order chi connectivity index (χ1) is 8.61. The summed E-state index contributed by atoms with van der Waals surface area (Å²) in [4.78, 5) is 17.8. The standard InChI is InChI=1S/C12H12BrN3O2/c1-7-2-3-8(5-14)4-9(7)18-12-10(13)11(17)15-6-16-12/h2-4,6H,5,14H2,1H3,(H,15,16,17). The molecule has 94 valence electrons. The van der Waals surface area contributed by atoms with Gasteiger partial charge in [0.25, 0.3) is 5.56 Å². The van der Waals surface area contributed by atoms with Gasteiger partial charge in [-0.2, -0.15) is 0 Å². The molecule has 0 unspecified atom stereocenters. The third-order valence-corrected chi connectivity index (χ3v) is 3.16. The van der Waals surface area contributed by atoms with Gasteiger partial charge in [-0.05, 0) is 40.0 Å². The minimum atomic E-state index is -0.285. The van der Waals surface area contributed by atoms with E-state index in [1.165, 1.54) is 6.33 Å². The monoisotopic (exact) mass is 309 g/mol. The van der Waals surface area contributed by atoms with Crippen molar-refractivity contribution in [3.05, 3.63) is 50.5 Å². The first-order valence-electron chi connectivity index (χ1n) is 5.32. The molecule has 0 atom stereocenters. The van der Waals surface area contributed by atoms with Crippen molar-refractivity contribution in [3.8, 4) is 11.6 Å². The van der Waals surface area contributed by atoms with Gasteiger partial charge in [0, 0.05) is 6.54 Å². The summed E-state index contributed by atoms with van der Waals surface area (Å²) < 4.78 is 5.90. The van der Waals surface area contributed by atoms with Crippen molar-refractivity contribution in [1.29, 1.82) is 0 Å². The Kier molecular flexibility index (Phi) is 3.78. The Morgan fingerprint density at radius 1 is 1.50 bits per heavy atom. The van der Waals surface area contributed by atoms with E-state index in [2.05, 4.69) is 25.9 Å². The first kappa shape index (κ1) is 12.8. The lowest BCUT2D eigenvalue weighted by molar-refractivity contribution is 0.453. The third kappa shape index (κ3) is 2.60. The van der Waals surface area contributed by atoms with E-state index in [1.54, 1.807) is 0 Å². The van der Waals surface area contributed by atoms with E-state index in [4.69, 9.17) is 10.5 Å². The molecule has 2 rings (SSSR count). The summed E-state index contributed by atoms with van der Waals surface area (Å²) in [7, 11) is 0. The molecular weight excluding hydrogens is 298 g/mol. The Morgan fingerprint density at radius 2 is 2.28 bits per heavy atom. The van der Waals surface area contributed by atoms with E-state index in [1.807, 2.05) is 25.1 Å². The molecule has 1 aromatic heterocycles. The second kappa shape index (κ2) is 5.32. The molecule has 0 aliphatic carbocycles. The highest BCUT2D eigenvalue weighted by atomic mass is 79.9. The smallest absolute Gasteiger partial charge is 0.268 e. The number of hydrogen-bond donors (Lipinski definition) is 2. The summed E-state index contributed by atoms with van der Waals surface area (Å²) >= 11 is 3.14. The molecule has 3 N–H and O–H groups in total. The third-order valence-electron chi connectivity index (χ3n) is 2.46. The van der Waals surface area contributed by atoms with Gasteiger partial charge in [0.15, 0.2) is 0 Å². The summed E-state index contributed by atoms with van der Waals surface area (Å²) in [6.45, 7) is 2.34. The topological polar surface area (TPSA) is 81.0 Å². The maximum absolute atomic E-state index is 11.4. The van der Waals surface area contributed by atoms with Crippen LogP contribution in [-0.2, 0) is 6.54 Å². The molecular formula is C12H12BrN3O2. The SMILES string of the molecule is Cc1ccc(CN)cc1Oc1nc[nH]c(=O)c1Br. The van der Waals surface area contributed by atoms with Crippen LogP contribution in [0.3, 0.4) is 0 Å². The van der Waals surface area contributed by atoms with E-state index < -0.39 is 0 Å². The quantitative estimate of drug-likeness (QED) is 0.909. The number of rotatable bonds is 3. The molecule has 0 saturated carbocycles. The Hall–Kier alpha value is -1.66. The van der Waals surface area contributed by atoms with Crippen molar-refractivity contribution >= 4 is 15.9 Å². The Bertz CT molecular complexity index is 625. The maximum Gasteiger partial charge on any atom is 0.268 e. The molecule has 18 heavy (non-hydrogen) atoms. The Labute approximate surface area is 112 Å². The number of benzene rings is 1. The fraction of sp³-hybridized carbons (Fsp3) is 0.167. The van der Waals surface area contributed by atoms with E-state index in [-0.39, 0.29) is 15.9 Å². The van der Waals surface area contributed by atoms with Gasteiger partial charge in [0.2, 0.25) is 5.88 Å². The first-order valence-corrected chi connectivity index (χ1v) is 6.11. The molecule has 0 amide bonds. The molecule has 6 heteroatoms. The van der Waals surface area contributed by atoms with Gasteiger partial charge < -0.3 is 15.5 Å². The molecule has 0 spiro atoms. The van der Waals surface area contributed by atoms with E-state index in [0.29, 0.717) is 12.3 Å². The van der Waals surface area contributed by atoms with Crippen LogP contribution in [0, 0.1) is 6.92 Å². The van der Waals surface area contributed by atoms with Crippen LogP contribution in [0.25, 0.3) is 0 Å². The Morgan fingerprint density at radius 3 is 3.00 bits per heavy atom. The van der Waals surface area contributed by atoms with Crippen LogP contribution in [0.5, 0.6) is 11.6 Å². The largest absolute Gasteiger partial charge is 0.437 e. The van der Waals surface area contributed by atoms with Crippen LogP contribution in [0.1, 0.15) is 11.1 Å². The zero-order chi connectivity index (χ0) is 13.1. The highest BCUT2D eigenvalue weighted by Gasteiger charge is 2.09.